The Labute approximate surface area is 117 Å². The molecule has 0 aliphatic heterocycles. The summed E-state index contributed by atoms with van der Waals surface area (Å²) in [7, 11) is 0. The van der Waals surface area contributed by atoms with Gasteiger partial charge in [0.15, 0.2) is 0 Å². The summed E-state index contributed by atoms with van der Waals surface area (Å²) in [6, 6.07) is 10.9. The molecule has 2 rings (SSSR count). The number of nitrogens with one attached hydrogen (secondary N) is 1. The largest absolute Gasteiger partial charge is 0.321 e. The Balaban J connectivity index is 2.24. The summed E-state index contributed by atoms with van der Waals surface area (Å²) in [5.41, 5.74) is 2.13. The van der Waals surface area contributed by atoms with Gasteiger partial charge < -0.3 is 5.32 Å². The van der Waals surface area contributed by atoms with Crippen molar-refractivity contribution in [3.63, 3.8) is 0 Å². The van der Waals surface area contributed by atoms with E-state index in [1.54, 1.807) is 18.2 Å². The van der Waals surface area contributed by atoms with Gasteiger partial charge in [0.05, 0.1) is 20.3 Å². The molecule has 1 amide bonds. The third-order valence-electron chi connectivity index (χ3n) is 2.41. The highest BCUT2D eigenvalue weighted by molar-refractivity contribution is 9.11. The molecule has 0 radical (unpaired) electrons. The van der Waals surface area contributed by atoms with Gasteiger partial charge in [0.25, 0.3) is 5.91 Å². The van der Waals surface area contributed by atoms with Crippen molar-refractivity contribution in [2.45, 2.75) is 6.92 Å². The summed E-state index contributed by atoms with van der Waals surface area (Å²) in [6.45, 7) is 1.89. The van der Waals surface area contributed by atoms with Crippen LogP contribution in [0.15, 0.2) is 34.1 Å². The van der Waals surface area contributed by atoms with Crippen LogP contribution in [0.5, 0.6) is 0 Å². The fraction of sp³-hybridized carbons (Fsp3) is 0.0769. The van der Waals surface area contributed by atoms with Crippen LogP contribution in [0.1, 0.15) is 20.8 Å². The number of anilines is 1. The summed E-state index contributed by atoms with van der Waals surface area (Å²) < 4.78 is 0.912. The van der Waals surface area contributed by atoms with Gasteiger partial charge in [0.2, 0.25) is 0 Å². The zero-order valence-electron chi connectivity index (χ0n) is 9.53. The maximum atomic E-state index is 12.0. The van der Waals surface area contributed by atoms with E-state index in [4.69, 9.17) is 5.26 Å². The number of amides is 1. The van der Waals surface area contributed by atoms with E-state index in [-0.39, 0.29) is 5.91 Å². The molecule has 3 nitrogen and oxygen atoms in total. The average molecular weight is 321 g/mol. The van der Waals surface area contributed by atoms with E-state index in [0.717, 1.165) is 9.35 Å². The van der Waals surface area contributed by atoms with Gasteiger partial charge in [-0.2, -0.15) is 5.26 Å². The molecular formula is C13H9BrN2OS. The number of aryl methyl sites for hydroxylation is 1. The van der Waals surface area contributed by atoms with E-state index in [1.165, 1.54) is 11.3 Å². The number of thiophene rings is 1. The normalized spacial score (nSPS) is 9.83. The molecule has 2 aromatic rings. The van der Waals surface area contributed by atoms with Crippen molar-refractivity contribution < 1.29 is 4.79 Å². The van der Waals surface area contributed by atoms with Crippen LogP contribution >= 0.6 is 27.3 Å². The van der Waals surface area contributed by atoms with Crippen molar-refractivity contribution in [1.29, 1.82) is 5.26 Å². The standard InChI is InChI=1S/C13H9BrN2OS/c1-8-2-3-9(7-15)6-10(8)16-13(17)11-4-5-12(14)18-11/h2-6H,1H3,(H,16,17). The van der Waals surface area contributed by atoms with E-state index in [1.807, 2.05) is 19.1 Å². The molecule has 0 aliphatic carbocycles. The number of halogens is 1. The second-order valence-electron chi connectivity index (χ2n) is 3.70. The SMILES string of the molecule is Cc1ccc(C#N)cc1NC(=O)c1ccc(Br)s1. The first-order valence-electron chi connectivity index (χ1n) is 5.17. The van der Waals surface area contributed by atoms with Crippen molar-refractivity contribution >= 4 is 38.9 Å². The Morgan fingerprint density at radius 2 is 2.17 bits per heavy atom. The minimum absolute atomic E-state index is 0.163. The van der Waals surface area contributed by atoms with Crippen LogP contribution in [0.2, 0.25) is 0 Å². The molecule has 0 saturated heterocycles. The maximum absolute atomic E-state index is 12.0. The van der Waals surface area contributed by atoms with Crippen LogP contribution in [0.3, 0.4) is 0 Å². The summed E-state index contributed by atoms with van der Waals surface area (Å²) >= 11 is 4.69. The van der Waals surface area contributed by atoms with Gasteiger partial charge in [-0.3, -0.25) is 4.79 Å². The predicted octanol–water partition coefficient (Wildman–Crippen LogP) is 3.94. The third-order valence-corrected chi connectivity index (χ3v) is 4.03. The first-order valence-corrected chi connectivity index (χ1v) is 6.78. The van der Waals surface area contributed by atoms with Gasteiger partial charge in [0.1, 0.15) is 0 Å². The molecule has 0 atom stereocenters. The predicted molar refractivity (Wildman–Crippen MR) is 75.9 cm³/mol. The van der Waals surface area contributed by atoms with E-state index >= 15 is 0 Å². The molecule has 0 unspecified atom stereocenters. The molecule has 1 heterocycles. The average Bonchev–Trinajstić information content (AvgIpc) is 2.79. The zero-order chi connectivity index (χ0) is 13.1. The van der Waals surface area contributed by atoms with Gasteiger partial charge in [-0.1, -0.05) is 6.07 Å². The van der Waals surface area contributed by atoms with Gasteiger partial charge >= 0.3 is 0 Å². The van der Waals surface area contributed by atoms with Crippen LogP contribution in [-0.4, -0.2) is 5.91 Å². The first kappa shape index (κ1) is 12.8. The fourth-order valence-electron chi connectivity index (χ4n) is 1.45. The second-order valence-corrected chi connectivity index (χ2v) is 6.16. The van der Waals surface area contributed by atoms with Gasteiger partial charge in [-0.15, -0.1) is 11.3 Å². The Hall–Kier alpha value is -1.64. The lowest BCUT2D eigenvalue weighted by Crippen LogP contribution is -2.11. The number of carbonyl (C=O) groups is 1. The van der Waals surface area contributed by atoms with Crippen LogP contribution in [0.25, 0.3) is 0 Å². The Morgan fingerprint density at radius 3 is 2.78 bits per heavy atom. The zero-order valence-corrected chi connectivity index (χ0v) is 11.9. The van der Waals surface area contributed by atoms with Gasteiger partial charge in [-0.25, -0.2) is 0 Å². The number of rotatable bonds is 2. The van der Waals surface area contributed by atoms with Crippen molar-refractivity contribution in [3.8, 4) is 6.07 Å². The van der Waals surface area contributed by atoms with Crippen molar-refractivity contribution in [3.05, 3.63) is 50.1 Å². The van der Waals surface area contributed by atoms with E-state index in [9.17, 15) is 4.79 Å². The molecule has 1 N–H and O–H groups in total. The number of nitrogens with zero attached hydrogens (tertiary/aromatic N) is 1. The van der Waals surface area contributed by atoms with Gasteiger partial charge in [0, 0.05) is 5.69 Å². The minimum Gasteiger partial charge on any atom is -0.321 e. The van der Waals surface area contributed by atoms with Crippen LogP contribution < -0.4 is 5.32 Å². The molecule has 1 aromatic carbocycles. The monoisotopic (exact) mass is 320 g/mol. The van der Waals surface area contributed by atoms with Crippen LogP contribution in [0, 0.1) is 18.3 Å². The van der Waals surface area contributed by atoms with Crippen LogP contribution in [-0.2, 0) is 0 Å². The maximum Gasteiger partial charge on any atom is 0.265 e. The fourth-order valence-corrected chi connectivity index (χ4v) is 2.73. The Kier molecular flexibility index (Phi) is 3.80. The highest BCUT2D eigenvalue weighted by Crippen LogP contribution is 2.24. The quantitative estimate of drug-likeness (QED) is 0.911. The van der Waals surface area contributed by atoms with Crippen molar-refractivity contribution in [1.82, 2.24) is 0 Å². The summed E-state index contributed by atoms with van der Waals surface area (Å²) in [5, 5.41) is 11.7. The van der Waals surface area contributed by atoms with Crippen LogP contribution in [0.4, 0.5) is 5.69 Å². The van der Waals surface area contributed by atoms with E-state index in [2.05, 4.69) is 27.3 Å². The molecule has 0 bridgehead atoms. The molecule has 18 heavy (non-hydrogen) atoms. The molecule has 5 heteroatoms. The summed E-state index contributed by atoms with van der Waals surface area (Å²) in [5.74, 6) is -0.163. The molecule has 90 valence electrons. The molecular weight excluding hydrogens is 312 g/mol. The topological polar surface area (TPSA) is 52.9 Å². The van der Waals surface area contributed by atoms with E-state index < -0.39 is 0 Å². The summed E-state index contributed by atoms with van der Waals surface area (Å²) in [4.78, 5) is 12.6. The Morgan fingerprint density at radius 1 is 1.39 bits per heavy atom. The molecule has 0 spiro atoms. The molecule has 0 fully saturated rings. The van der Waals surface area contributed by atoms with E-state index in [0.29, 0.717) is 16.1 Å². The lowest BCUT2D eigenvalue weighted by Gasteiger charge is -2.07. The smallest absolute Gasteiger partial charge is 0.265 e. The van der Waals surface area contributed by atoms with Gasteiger partial charge in [-0.05, 0) is 52.7 Å². The number of carbonyl (C=O) groups excluding carboxylic acids is 1. The third kappa shape index (κ3) is 2.78. The lowest BCUT2D eigenvalue weighted by atomic mass is 10.1. The highest BCUT2D eigenvalue weighted by Gasteiger charge is 2.10. The molecule has 0 saturated carbocycles. The van der Waals surface area contributed by atoms with Crippen molar-refractivity contribution in [2.24, 2.45) is 0 Å². The number of benzene rings is 1. The summed E-state index contributed by atoms with van der Waals surface area (Å²) in [6.07, 6.45) is 0. The molecule has 1 aromatic heterocycles. The lowest BCUT2D eigenvalue weighted by molar-refractivity contribution is 0.103. The molecule has 0 aliphatic rings. The second kappa shape index (κ2) is 5.34. The first-order chi connectivity index (χ1) is 8.60. The minimum atomic E-state index is -0.163. The number of hydrogen-bond acceptors (Lipinski definition) is 3. The highest BCUT2D eigenvalue weighted by atomic mass is 79.9. The number of nitriles is 1. The Bertz CT molecular complexity index is 643. The van der Waals surface area contributed by atoms with Crippen molar-refractivity contribution in [2.75, 3.05) is 5.32 Å². The number of hydrogen-bond donors (Lipinski definition) is 1.